The SMILES string of the molecule is CCOC(=O)CNC(=O)CSc1ccc2nnc(-c3ccncc3)n2n1. The number of esters is 1. The van der Waals surface area contributed by atoms with Gasteiger partial charge >= 0.3 is 5.97 Å². The Kier molecular flexibility index (Phi) is 5.74. The first kappa shape index (κ1) is 17.8. The Bertz CT molecular complexity index is 915. The molecule has 0 aromatic carbocycles. The summed E-state index contributed by atoms with van der Waals surface area (Å²) in [6, 6.07) is 7.19. The zero-order valence-corrected chi connectivity index (χ0v) is 14.8. The minimum absolute atomic E-state index is 0.130. The molecule has 0 unspecified atom stereocenters. The lowest BCUT2D eigenvalue weighted by atomic mass is 10.2. The smallest absolute Gasteiger partial charge is 0.325 e. The highest BCUT2D eigenvalue weighted by Crippen LogP contribution is 2.19. The molecule has 3 aromatic heterocycles. The van der Waals surface area contributed by atoms with Gasteiger partial charge in [0, 0.05) is 18.0 Å². The van der Waals surface area contributed by atoms with E-state index >= 15 is 0 Å². The fraction of sp³-hybridized carbons (Fsp3) is 0.250. The van der Waals surface area contributed by atoms with Crippen LogP contribution < -0.4 is 5.32 Å². The van der Waals surface area contributed by atoms with Crippen LogP contribution in [0.1, 0.15) is 6.92 Å². The van der Waals surface area contributed by atoms with Crippen molar-refractivity contribution in [2.24, 2.45) is 0 Å². The van der Waals surface area contributed by atoms with Gasteiger partial charge in [-0.2, -0.15) is 9.61 Å². The van der Waals surface area contributed by atoms with Gasteiger partial charge in [0.05, 0.1) is 12.4 Å². The van der Waals surface area contributed by atoms with Crippen molar-refractivity contribution in [1.82, 2.24) is 30.1 Å². The van der Waals surface area contributed by atoms with Gasteiger partial charge in [0.15, 0.2) is 11.5 Å². The molecule has 0 atom stereocenters. The summed E-state index contributed by atoms with van der Waals surface area (Å²) in [6.07, 6.45) is 3.34. The predicted octanol–water partition coefficient (Wildman–Crippen LogP) is 0.958. The maximum absolute atomic E-state index is 11.8. The van der Waals surface area contributed by atoms with E-state index in [1.807, 2.05) is 12.1 Å². The first-order valence-corrected chi connectivity index (χ1v) is 8.84. The number of fused-ring (bicyclic) bond motifs is 1. The second-order valence-electron chi connectivity index (χ2n) is 5.07. The van der Waals surface area contributed by atoms with E-state index < -0.39 is 5.97 Å². The lowest BCUT2D eigenvalue weighted by Gasteiger charge is -2.05. The molecule has 0 saturated carbocycles. The van der Waals surface area contributed by atoms with E-state index in [4.69, 9.17) is 4.74 Å². The highest BCUT2D eigenvalue weighted by Gasteiger charge is 2.11. The van der Waals surface area contributed by atoms with Crippen molar-refractivity contribution in [3.8, 4) is 11.4 Å². The average molecular weight is 372 g/mol. The number of amides is 1. The molecule has 0 spiro atoms. The van der Waals surface area contributed by atoms with Crippen molar-refractivity contribution >= 4 is 29.3 Å². The first-order valence-electron chi connectivity index (χ1n) is 7.85. The maximum Gasteiger partial charge on any atom is 0.325 e. The van der Waals surface area contributed by atoms with E-state index in [2.05, 4.69) is 25.6 Å². The fourth-order valence-corrected chi connectivity index (χ4v) is 2.79. The van der Waals surface area contributed by atoms with Crippen LogP contribution in [0.3, 0.4) is 0 Å². The number of hydrogen-bond acceptors (Lipinski definition) is 8. The number of ether oxygens (including phenoxy) is 1. The molecule has 1 N–H and O–H groups in total. The Morgan fingerprint density at radius 1 is 1.19 bits per heavy atom. The zero-order valence-electron chi connectivity index (χ0n) is 14.0. The molecule has 134 valence electrons. The van der Waals surface area contributed by atoms with Crippen molar-refractivity contribution in [2.75, 3.05) is 18.9 Å². The third-order valence-corrected chi connectivity index (χ3v) is 4.18. The molecule has 0 radical (unpaired) electrons. The quantitative estimate of drug-likeness (QED) is 0.482. The second kappa shape index (κ2) is 8.39. The molecule has 1 amide bonds. The van der Waals surface area contributed by atoms with E-state index in [1.54, 1.807) is 36.0 Å². The summed E-state index contributed by atoms with van der Waals surface area (Å²) in [5.41, 5.74) is 1.45. The Labute approximate surface area is 153 Å². The summed E-state index contributed by atoms with van der Waals surface area (Å²) >= 11 is 1.25. The first-order chi connectivity index (χ1) is 12.7. The summed E-state index contributed by atoms with van der Waals surface area (Å²) in [7, 11) is 0. The van der Waals surface area contributed by atoms with Crippen LogP contribution in [0.4, 0.5) is 0 Å². The molecule has 0 saturated heterocycles. The fourth-order valence-electron chi connectivity index (χ4n) is 2.10. The van der Waals surface area contributed by atoms with Gasteiger partial charge in [-0.1, -0.05) is 11.8 Å². The molecule has 9 nitrogen and oxygen atoms in total. The number of carbonyl (C=O) groups excluding carboxylic acids is 2. The molecule has 3 rings (SSSR count). The number of thioether (sulfide) groups is 1. The topological polar surface area (TPSA) is 111 Å². The van der Waals surface area contributed by atoms with Gasteiger partial charge in [-0.15, -0.1) is 10.2 Å². The van der Waals surface area contributed by atoms with Crippen LogP contribution in [-0.4, -0.2) is 55.6 Å². The van der Waals surface area contributed by atoms with Gasteiger partial charge in [0.25, 0.3) is 0 Å². The van der Waals surface area contributed by atoms with Crippen molar-refractivity contribution in [3.63, 3.8) is 0 Å². The highest BCUT2D eigenvalue weighted by atomic mass is 32.2. The maximum atomic E-state index is 11.8. The molecule has 0 aliphatic rings. The Hall–Kier alpha value is -3.01. The monoisotopic (exact) mass is 372 g/mol. The van der Waals surface area contributed by atoms with Gasteiger partial charge in [-0.05, 0) is 31.2 Å². The molecule has 0 aliphatic heterocycles. The van der Waals surface area contributed by atoms with Crippen LogP contribution in [0.2, 0.25) is 0 Å². The zero-order chi connectivity index (χ0) is 18.4. The number of aromatic nitrogens is 5. The number of hydrogen-bond donors (Lipinski definition) is 1. The molecule has 3 aromatic rings. The van der Waals surface area contributed by atoms with Crippen molar-refractivity contribution < 1.29 is 14.3 Å². The van der Waals surface area contributed by atoms with Crippen molar-refractivity contribution in [3.05, 3.63) is 36.7 Å². The van der Waals surface area contributed by atoms with E-state index in [1.165, 1.54) is 11.8 Å². The molecular weight excluding hydrogens is 356 g/mol. The Morgan fingerprint density at radius 2 is 2.00 bits per heavy atom. The van der Waals surface area contributed by atoms with E-state index in [-0.39, 0.29) is 24.8 Å². The third kappa shape index (κ3) is 4.33. The second-order valence-corrected chi connectivity index (χ2v) is 6.07. The summed E-state index contributed by atoms with van der Waals surface area (Å²) < 4.78 is 6.37. The van der Waals surface area contributed by atoms with E-state index in [0.717, 1.165) is 5.56 Å². The Balaban J connectivity index is 1.66. The van der Waals surface area contributed by atoms with Gasteiger partial charge in [0.2, 0.25) is 5.91 Å². The van der Waals surface area contributed by atoms with Gasteiger partial charge < -0.3 is 10.1 Å². The minimum Gasteiger partial charge on any atom is -0.465 e. The van der Waals surface area contributed by atoms with Crippen molar-refractivity contribution in [2.45, 2.75) is 11.9 Å². The van der Waals surface area contributed by atoms with E-state index in [0.29, 0.717) is 16.5 Å². The summed E-state index contributed by atoms with van der Waals surface area (Å²) in [5, 5.41) is 15.9. The van der Waals surface area contributed by atoms with E-state index in [9.17, 15) is 9.59 Å². The highest BCUT2D eigenvalue weighted by molar-refractivity contribution is 7.99. The van der Waals surface area contributed by atoms with Crippen LogP contribution in [0.15, 0.2) is 41.7 Å². The number of nitrogens with one attached hydrogen (secondary N) is 1. The molecule has 26 heavy (non-hydrogen) atoms. The number of pyridine rings is 1. The number of carbonyl (C=O) groups is 2. The Morgan fingerprint density at radius 3 is 2.77 bits per heavy atom. The van der Waals surface area contributed by atoms with Crippen LogP contribution in [0.5, 0.6) is 0 Å². The molecule has 10 heteroatoms. The normalized spacial score (nSPS) is 10.7. The van der Waals surface area contributed by atoms with Crippen molar-refractivity contribution in [1.29, 1.82) is 0 Å². The molecule has 3 heterocycles. The largest absolute Gasteiger partial charge is 0.465 e. The van der Waals surface area contributed by atoms with Crippen LogP contribution in [0, 0.1) is 0 Å². The molecule has 0 aliphatic carbocycles. The van der Waals surface area contributed by atoms with Gasteiger partial charge in [0.1, 0.15) is 11.6 Å². The summed E-state index contributed by atoms with van der Waals surface area (Å²) in [6.45, 7) is 1.85. The lowest BCUT2D eigenvalue weighted by Crippen LogP contribution is -2.31. The molecule has 0 fully saturated rings. The third-order valence-electron chi connectivity index (χ3n) is 3.26. The van der Waals surface area contributed by atoms with Crippen LogP contribution in [0.25, 0.3) is 17.0 Å². The van der Waals surface area contributed by atoms with Crippen LogP contribution in [-0.2, 0) is 14.3 Å². The minimum atomic E-state index is -0.461. The number of nitrogens with zero attached hydrogens (tertiary/aromatic N) is 5. The molecule has 0 bridgehead atoms. The van der Waals surface area contributed by atoms with Crippen LogP contribution >= 0.6 is 11.8 Å². The number of rotatable bonds is 7. The van der Waals surface area contributed by atoms with Gasteiger partial charge in [-0.3, -0.25) is 14.6 Å². The standard InChI is InChI=1S/C16H16N6O3S/c1-2-25-15(24)9-18-13(23)10-26-14-4-3-12-19-20-16(22(12)21-14)11-5-7-17-8-6-11/h3-8H,2,9-10H2,1H3,(H,18,23). The predicted molar refractivity (Wildman–Crippen MR) is 94.4 cm³/mol. The lowest BCUT2D eigenvalue weighted by molar-refractivity contribution is -0.143. The summed E-state index contributed by atoms with van der Waals surface area (Å²) in [5.74, 6) is -0.0125. The summed E-state index contributed by atoms with van der Waals surface area (Å²) in [4.78, 5) is 27.0. The molecular formula is C16H16N6O3S. The van der Waals surface area contributed by atoms with Gasteiger partial charge in [-0.25, -0.2) is 0 Å². The average Bonchev–Trinajstić information content (AvgIpc) is 3.09.